The van der Waals surface area contributed by atoms with Crippen molar-refractivity contribution in [3.8, 4) is 0 Å². The third-order valence-electron chi connectivity index (χ3n) is 1.13. The van der Waals surface area contributed by atoms with Gasteiger partial charge in [-0.1, -0.05) is 0 Å². The van der Waals surface area contributed by atoms with Crippen molar-refractivity contribution in [3.63, 3.8) is 0 Å². The zero-order valence-electron chi connectivity index (χ0n) is 5.17. The molecule has 0 saturated heterocycles. The molecular weight excluding hydrogens is 241 g/mol. The van der Waals surface area contributed by atoms with Crippen molar-refractivity contribution in [2.45, 2.75) is 0 Å². The van der Waals surface area contributed by atoms with Gasteiger partial charge < -0.3 is 5.73 Å². The topological polar surface area (TPSA) is 43.1 Å². The maximum absolute atomic E-state index is 10.5. The SMILES string of the molecule is NC(=O)c1ccc(I)cc1. The van der Waals surface area contributed by atoms with Gasteiger partial charge in [-0.3, -0.25) is 4.79 Å². The minimum Gasteiger partial charge on any atom is -0.366 e. The first-order valence-corrected chi connectivity index (χ1v) is 3.83. The first-order valence-electron chi connectivity index (χ1n) is 2.75. The number of nitrogens with two attached hydrogens (primary N) is 1. The van der Waals surface area contributed by atoms with Crippen molar-refractivity contribution in [2.24, 2.45) is 5.73 Å². The summed E-state index contributed by atoms with van der Waals surface area (Å²) in [6.07, 6.45) is 0. The zero-order chi connectivity index (χ0) is 7.56. The first-order chi connectivity index (χ1) is 4.70. The maximum atomic E-state index is 10.5. The normalized spacial score (nSPS) is 9.30. The van der Waals surface area contributed by atoms with Crippen molar-refractivity contribution < 1.29 is 4.79 Å². The number of rotatable bonds is 1. The molecule has 0 atom stereocenters. The predicted molar refractivity (Wildman–Crippen MR) is 47.7 cm³/mol. The lowest BCUT2D eigenvalue weighted by Crippen LogP contribution is -2.10. The summed E-state index contributed by atoms with van der Waals surface area (Å²) < 4.78 is 1.10. The van der Waals surface area contributed by atoms with E-state index in [0.29, 0.717) is 5.56 Å². The van der Waals surface area contributed by atoms with E-state index in [1.807, 2.05) is 12.1 Å². The highest BCUT2D eigenvalue weighted by Crippen LogP contribution is 2.05. The highest BCUT2D eigenvalue weighted by atomic mass is 127. The van der Waals surface area contributed by atoms with Crippen molar-refractivity contribution in [1.29, 1.82) is 0 Å². The van der Waals surface area contributed by atoms with Crippen molar-refractivity contribution in [1.82, 2.24) is 0 Å². The van der Waals surface area contributed by atoms with Crippen molar-refractivity contribution in [2.75, 3.05) is 0 Å². The second kappa shape index (κ2) is 3.01. The molecule has 1 aromatic rings. The standard InChI is InChI=1S/C7H6INO/c8-6-3-1-5(2-4-6)7(9)10/h1-4H,(H2,9,10). The second-order valence-corrected chi connectivity index (χ2v) is 3.12. The molecule has 0 radical (unpaired) electrons. The Morgan fingerprint density at radius 2 is 1.80 bits per heavy atom. The molecular formula is C7H6INO. The Morgan fingerprint density at radius 3 is 2.20 bits per heavy atom. The Hall–Kier alpha value is -0.580. The van der Waals surface area contributed by atoms with E-state index in [1.165, 1.54) is 0 Å². The molecule has 10 heavy (non-hydrogen) atoms. The molecule has 1 aromatic carbocycles. The Kier molecular flexibility index (Phi) is 2.26. The third-order valence-corrected chi connectivity index (χ3v) is 1.85. The number of carbonyl (C=O) groups is 1. The smallest absolute Gasteiger partial charge is 0.248 e. The summed E-state index contributed by atoms with van der Waals surface area (Å²) in [5.41, 5.74) is 5.58. The number of halogens is 1. The Bertz CT molecular complexity index is 242. The fourth-order valence-corrected chi connectivity index (χ4v) is 0.974. The number of hydrogen-bond donors (Lipinski definition) is 1. The van der Waals surface area contributed by atoms with E-state index in [9.17, 15) is 4.79 Å². The van der Waals surface area contributed by atoms with Crippen LogP contribution in [0.3, 0.4) is 0 Å². The molecule has 1 rings (SSSR count). The van der Waals surface area contributed by atoms with E-state index in [-0.39, 0.29) is 5.91 Å². The highest BCUT2D eigenvalue weighted by Gasteiger charge is 1.96. The lowest BCUT2D eigenvalue weighted by Gasteiger charge is -1.92. The summed E-state index contributed by atoms with van der Waals surface area (Å²) in [6, 6.07) is 7.12. The van der Waals surface area contributed by atoms with Crippen molar-refractivity contribution in [3.05, 3.63) is 33.4 Å². The van der Waals surface area contributed by atoms with E-state index in [0.717, 1.165) is 3.57 Å². The second-order valence-electron chi connectivity index (χ2n) is 1.87. The monoisotopic (exact) mass is 247 g/mol. The lowest BCUT2D eigenvalue weighted by atomic mass is 10.2. The van der Waals surface area contributed by atoms with E-state index in [2.05, 4.69) is 22.6 Å². The Morgan fingerprint density at radius 1 is 1.30 bits per heavy atom. The fraction of sp³-hybridized carbons (Fsp3) is 0. The average Bonchev–Trinajstić information content (AvgIpc) is 1.88. The first kappa shape index (κ1) is 7.53. The van der Waals surface area contributed by atoms with Gasteiger partial charge in [-0.05, 0) is 46.9 Å². The number of benzene rings is 1. The summed E-state index contributed by atoms with van der Waals surface area (Å²) in [6.45, 7) is 0. The van der Waals surface area contributed by atoms with Crippen LogP contribution in [-0.2, 0) is 0 Å². The Labute approximate surface area is 72.6 Å². The van der Waals surface area contributed by atoms with Gasteiger partial charge in [0, 0.05) is 9.13 Å². The van der Waals surface area contributed by atoms with Crippen molar-refractivity contribution >= 4 is 28.5 Å². The predicted octanol–water partition coefficient (Wildman–Crippen LogP) is 1.39. The molecule has 1 amide bonds. The van der Waals surface area contributed by atoms with E-state index in [4.69, 9.17) is 5.73 Å². The van der Waals surface area contributed by atoms with E-state index < -0.39 is 0 Å². The van der Waals surface area contributed by atoms with E-state index in [1.54, 1.807) is 12.1 Å². The lowest BCUT2D eigenvalue weighted by molar-refractivity contribution is 0.100. The zero-order valence-corrected chi connectivity index (χ0v) is 7.33. The molecule has 0 aliphatic carbocycles. The molecule has 0 bridgehead atoms. The van der Waals surface area contributed by atoms with Gasteiger partial charge in [-0.15, -0.1) is 0 Å². The van der Waals surface area contributed by atoms with Crippen LogP contribution in [0.2, 0.25) is 0 Å². The number of hydrogen-bond acceptors (Lipinski definition) is 1. The van der Waals surface area contributed by atoms with E-state index >= 15 is 0 Å². The van der Waals surface area contributed by atoms with Gasteiger partial charge in [-0.2, -0.15) is 0 Å². The van der Waals surface area contributed by atoms with Gasteiger partial charge in [0.15, 0.2) is 0 Å². The molecule has 0 heterocycles. The quantitative estimate of drug-likeness (QED) is 0.748. The summed E-state index contributed by atoms with van der Waals surface area (Å²) >= 11 is 2.17. The molecule has 0 aromatic heterocycles. The molecule has 0 spiro atoms. The number of amides is 1. The van der Waals surface area contributed by atoms with Gasteiger partial charge in [0.25, 0.3) is 0 Å². The van der Waals surface area contributed by atoms with Gasteiger partial charge in [-0.25, -0.2) is 0 Å². The number of carbonyl (C=O) groups excluding carboxylic acids is 1. The van der Waals surface area contributed by atoms with Crippen LogP contribution in [0.25, 0.3) is 0 Å². The van der Waals surface area contributed by atoms with Gasteiger partial charge in [0.1, 0.15) is 0 Å². The van der Waals surface area contributed by atoms with Crippen LogP contribution in [0.4, 0.5) is 0 Å². The summed E-state index contributed by atoms with van der Waals surface area (Å²) in [5.74, 6) is -0.378. The van der Waals surface area contributed by atoms with Gasteiger partial charge >= 0.3 is 0 Å². The molecule has 0 unspecified atom stereocenters. The summed E-state index contributed by atoms with van der Waals surface area (Å²) in [5, 5.41) is 0. The van der Waals surface area contributed by atoms with Crippen LogP contribution in [0, 0.1) is 3.57 Å². The van der Waals surface area contributed by atoms with Crippen LogP contribution in [-0.4, -0.2) is 5.91 Å². The van der Waals surface area contributed by atoms with Crippen LogP contribution in [0.5, 0.6) is 0 Å². The molecule has 2 nitrogen and oxygen atoms in total. The molecule has 0 aliphatic rings. The minimum atomic E-state index is -0.378. The van der Waals surface area contributed by atoms with Crippen LogP contribution in [0.1, 0.15) is 10.4 Å². The van der Waals surface area contributed by atoms with Crippen LogP contribution >= 0.6 is 22.6 Å². The van der Waals surface area contributed by atoms with Gasteiger partial charge in [0.2, 0.25) is 5.91 Å². The minimum absolute atomic E-state index is 0.378. The molecule has 0 fully saturated rings. The molecule has 0 saturated carbocycles. The molecule has 0 aliphatic heterocycles. The van der Waals surface area contributed by atoms with Crippen LogP contribution < -0.4 is 5.73 Å². The van der Waals surface area contributed by atoms with Crippen LogP contribution in [0.15, 0.2) is 24.3 Å². The largest absolute Gasteiger partial charge is 0.366 e. The Balaban J connectivity index is 3.00. The summed E-state index contributed by atoms with van der Waals surface area (Å²) in [7, 11) is 0. The van der Waals surface area contributed by atoms with Gasteiger partial charge in [0.05, 0.1) is 0 Å². The molecule has 2 N–H and O–H groups in total. The third kappa shape index (κ3) is 1.70. The molecule has 52 valence electrons. The molecule has 3 heteroatoms. The number of primary amides is 1. The maximum Gasteiger partial charge on any atom is 0.248 e. The summed E-state index contributed by atoms with van der Waals surface area (Å²) in [4.78, 5) is 10.5. The average molecular weight is 247 g/mol. The fourth-order valence-electron chi connectivity index (χ4n) is 0.614. The highest BCUT2D eigenvalue weighted by molar-refractivity contribution is 14.1.